The minimum absolute atomic E-state index is 0. The highest BCUT2D eigenvalue weighted by molar-refractivity contribution is 6.30. The van der Waals surface area contributed by atoms with E-state index < -0.39 is 0 Å². The fourth-order valence-corrected chi connectivity index (χ4v) is 5.42. The third kappa shape index (κ3) is 5.91. The molecule has 2 aromatic carbocycles. The smallest absolute Gasteiger partial charge is 0.119 e. The van der Waals surface area contributed by atoms with Crippen molar-refractivity contribution in [3.63, 3.8) is 0 Å². The molecule has 5 rings (SSSR count). The molecule has 1 fully saturated rings. The summed E-state index contributed by atoms with van der Waals surface area (Å²) in [4.78, 5) is 6.60. The van der Waals surface area contributed by atoms with Gasteiger partial charge in [-0.05, 0) is 95.8 Å². The van der Waals surface area contributed by atoms with Crippen molar-refractivity contribution in [3.8, 4) is 11.5 Å². The molecule has 1 aromatic heterocycles. The zero-order valence-electron chi connectivity index (χ0n) is 19.7. The van der Waals surface area contributed by atoms with Crippen molar-refractivity contribution in [1.82, 2.24) is 9.88 Å². The number of nitrogens with zero attached hydrogens (tertiary/aromatic N) is 2. The van der Waals surface area contributed by atoms with Gasteiger partial charge in [0.05, 0.1) is 11.7 Å². The maximum absolute atomic E-state index is 12.5. The number of hydrogen-bond acceptors (Lipinski definition) is 4. The number of alkyl halides is 1. The molecule has 190 valence electrons. The first-order valence-electron chi connectivity index (χ1n) is 12.3. The average Bonchev–Trinajstić information content (AvgIpc) is 3.22. The molecule has 36 heavy (non-hydrogen) atoms. The number of pyridine rings is 1. The summed E-state index contributed by atoms with van der Waals surface area (Å²) in [6, 6.07) is 15.9. The van der Waals surface area contributed by atoms with Gasteiger partial charge in [0, 0.05) is 32.0 Å². The summed E-state index contributed by atoms with van der Waals surface area (Å²) in [7, 11) is 0. The van der Waals surface area contributed by atoms with Gasteiger partial charge in [0.1, 0.15) is 17.6 Å². The Morgan fingerprint density at radius 2 is 1.89 bits per heavy atom. The van der Waals surface area contributed by atoms with Gasteiger partial charge in [-0.25, -0.2) is 0 Å². The SMILES string of the molecule is C.Oc1ccc2c(c1)CCCC(c1cncc(Cl)c1)=C2c1ccc(O[C@H]2CCN(CCCF)C2)cc1. The Kier molecular flexibility index (Phi) is 8.65. The molecule has 0 unspecified atom stereocenters. The number of aromatic hydroxyl groups is 1. The van der Waals surface area contributed by atoms with Crippen molar-refractivity contribution >= 4 is 22.7 Å². The van der Waals surface area contributed by atoms with E-state index in [1.807, 2.05) is 36.5 Å². The topological polar surface area (TPSA) is 45.6 Å². The second-order valence-electron chi connectivity index (χ2n) is 9.34. The minimum Gasteiger partial charge on any atom is -0.508 e. The van der Waals surface area contributed by atoms with Crippen molar-refractivity contribution in [2.45, 2.75) is 45.6 Å². The lowest BCUT2D eigenvalue weighted by Gasteiger charge is -2.18. The van der Waals surface area contributed by atoms with Gasteiger partial charge in [0.25, 0.3) is 0 Å². The number of rotatable bonds is 7. The lowest BCUT2D eigenvalue weighted by Crippen LogP contribution is -2.26. The van der Waals surface area contributed by atoms with Crippen LogP contribution in [0.5, 0.6) is 11.5 Å². The largest absolute Gasteiger partial charge is 0.508 e. The molecule has 3 aromatic rings. The van der Waals surface area contributed by atoms with Gasteiger partial charge in [0.2, 0.25) is 0 Å². The molecule has 0 bridgehead atoms. The van der Waals surface area contributed by atoms with E-state index in [0.717, 1.165) is 78.9 Å². The van der Waals surface area contributed by atoms with Crippen LogP contribution in [0.1, 0.15) is 55.4 Å². The van der Waals surface area contributed by atoms with E-state index in [9.17, 15) is 9.50 Å². The number of likely N-dealkylation sites (tertiary alicyclic amines) is 1. The van der Waals surface area contributed by atoms with E-state index >= 15 is 0 Å². The van der Waals surface area contributed by atoms with E-state index in [-0.39, 0.29) is 26.0 Å². The normalized spacial score (nSPS) is 17.9. The molecular weight excluding hydrogens is 475 g/mol. The van der Waals surface area contributed by atoms with Crippen LogP contribution in [-0.4, -0.2) is 47.4 Å². The Balaban J connectivity index is 0.00000304. The van der Waals surface area contributed by atoms with E-state index in [4.69, 9.17) is 16.3 Å². The Bertz CT molecular complexity index is 1210. The third-order valence-electron chi connectivity index (χ3n) is 6.87. The number of halogens is 2. The number of benzene rings is 2. The summed E-state index contributed by atoms with van der Waals surface area (Å²) in [5.74, 6) is 1.13. The summed E-state index contributed by atoms with van der Waals surface area (Å²) in [6.45, 7) is 2.32. The first-order valence-corrected chi connectivity index (χ1v) is 12.7. The van der Waals surface area contributed by atoms with Gasteiger partial charge in [-0.2, -0.15) is 0 Å². The quantitative estimate of drug-likeness (QED) is 0.367. The number of aryl methyl sites for hydroxylation is 1. The zero-order chi connectivity index (χ0) is 24.2. The Morgan fingerprint density at radius 3 is 2.67 bits per heavy atom. The lowest BCUT2D eigenvalue weighted by molar-refractivity contribution is 0.198. The average molecular weight is 509 g/mol. The van der Waals surface area contributed by atoms with Crippen molar-refractivity contribution in [1.29, 1.82) is 0 Å². The zero-order valence-corrected chi connectivity index (χ0v) is 20.5. The van der Waals surface area contributed by atoms with Crippen LogP contribution in [0, 0.1) is 0 Å². The Hall–Kier alpha value is -2.89. The van der Waals surface area contributed by atoms with Crippen molar-refractivity contribution < 1.29 is 14.2 Å². The molecule has 2 aliphatic rings. The second-order valence-corrected chi connectivity index (χ2v) is 9.77. The number of phenols is 1. The van der Waals surface area contributed by atoms with Crippen molar-refractivity contribution in [2.24, 2.45) is 0 Å². The number of hydrogen-bond donors (Lipinski definition) is 1. The molecule has 6 heteroatoms. The predicted octanol–water partition coefficient (Wildman–Crippen LogP) is 7.18. The molecule has 4 nitrogen and oxygen atoms in total. The van der Waals surface area contributed by atoms with Crippen LogP contribution in [0.15, 0.2) is 60.9 Å². The molecule has 1 N–H and O–H groups in total. The van der Waals surface area contributed by atoms with Crippen LogP contribution in [0.3, 0.4) is 0 Å². The van der Waals surface area contributed by atoms with Gasteiger partial charge in [-0.3, -0.25) is 14.3 Å². The van der Waals surface area contributed by atoms with Gasteiger partial charge in [-0.1, -0.05) is 37.2 Å². The fraction of sp³-hybridized carbons (Fsp3) is 0.367. The Labute approximate surface area is 218 Å². The van der Waals surface area contributed by atoms with Crippen LogP contribution >= 0.6 is 11.6 Å². The van der Waals surface area contributed by atoms with Crippen LogP contribution in [0.25, 0.3) is 11.1 Å². The molecule has 2 heterocycles. The van der Waals surface area contributed by atoms with E-state index in [1.165, 1.54) is 5.57 Å². The van der Waals surface area contributed by atoms with Gasteiger partial charge >= 0.3 is 0 Å². The predicted molar refractivity (Wildman–Crippen MR) is 145 cm³/mol. The first kappa shape index (κ1) is 26.2. The first-order chi connectivity index (χ1) is 17.1. The van der Waals surface area contributed by atoms with Crippen LogP contribution in [-0.2, 0) is 6.42 Å². The standard InChI is InChI=1S/C29H30ClFN2O2.CH4/c30-23-15-22(17-32-18-23)27-4-1-3-21-16-24(34)7-10-28(21)29(27)20-5-8-25(9-6-20)35-26-11-14-33(19-26)13-2-12-31;/h5-10,15-18,26,34H,1-4,11-14,19H2;1H4/t26-;/m0./s1. The van der Waals surface area contributed by atoms with Crippen LogP contribution in [0.2, 0.25) is 5.02 Å². The van der Waals surface area contributed by atoms with Crippen molar-refractivity contribution in [2.75, 3.05) is 26.3 Å². The summed E-state index contributed by atoms with van der Waals surface area (Å²) in [5.41, 5.74) is 6.74. The van der Waals surface area contributed by atoms with Gasteiger partial charge < -0.3 is 9.84 Å². The second kappa shape index (κ2) is 11.9. The van der Waals surface area contributed by atoms with E-state index in [2.05, 4.69) is 22.0 Å². The van der Waals surface area contributed by atoms with Gasteiger partial charge in [0.15, 0.2) is 0 Å². The molecule has 1 saturated heterocycles. The van der Waals surface area contributed by atoms with E-state index in [1.54, 1.807) is 12.3 Å². The highest BCUT2D eigenvalue weighted by Gasteiger charge is 2.24. The summed E-state index contributed by atoms with van der Waals surface area (Å²) >= 11 is 6.30. The summed E-state index contributed by atoms with van der Waals surface area (Å²) in [5, 5.41) is 10.7. The maximum Gasteiger partial charge on any atom is 0.119 e. The maximum atomic E-state index is 12.5. The number of allylic oxidation sites excluding steroid dienone is 1. The summed E-state index contributed by atoms with van der Waals surface area (Å²) < 4.78 is 18.7. The highest BCUT2D eigenvalue weighted by atomic mass is 35.5. The molecule has 0 amide bonds. The van der Waals surface area contributed by atoms with Gasteiger partial charge in [-0.15, -0.1) is 0 Å². The lowest BCUT2D eigenvalue weighted by atomic mass is 9.88. The number of fused-ring (bicyclic) bond motifs is 1. The molecule has 1 aliphatic heterocycles. The number of phenolic OH excluding ortho intramolecular Hbond substituents is 1. The molecular formula is C30H34ClFN2O2. The van der Waals surface area contributed by atoms with Crippen LogP contribution in [0.4, 0.5) is 4.39 Å². The monoisotopic (exact) mass is 508 g/mol. The molecule has 1 atom stereocenters. The number of ether oxygens (including phenoxy) is 1. The number of aromatic nitrogens is 1. The molecule has 0 saturated carbocycles. The highest BCUT2D eigenvalue weighted by Crippen LogP contribution is 2.41. The van der Waals surface area contributed by atoms with E-state index in [0.29, 0.717) is 11.4 Å². The Morgan fingerprint density at radius 1 is 1.06 bits per heavy atom. The minimum atomic E-state index is -0.269. The van der Waals surface area contributed by atoms with Crippen LogP contribution < -0.4 is 4.74 Å². The molecule has 0 spiro atoms. The van der Waals surface area contributed by atoms with Crippen molar-refractivity contribution in [3.05, 3.63) is 88.2 Å². The summed E-state index contributed by atoms with van der Waals surface area (Å²) in [6.07, 6.45) is 7.97. The molecule has 1 aliphatic carbocycles. The molecule has 0 radical (unpaired) electrons. The fourth-order valence-electron chi connectivity index (χ4n) is 5.24. The third-order valence-corrected chi connectivity index (χ3v) is 7.08.